The molecule has 3 nitrogen and oxygen atoms in total. The van der Waals surface area contributed by atoms with Crippen LogP contribution >= 0.6 is 0 Å². The van der Waals surface area contributed by atoms with Crippen LogP contribution in [-0.4, -0.2) is 37.9 Å². The monoisotopic (exact) mass is 299 g/mol. The summed E-state index contributed by atoms with van der Waals surface area (Å²) in [6.07, 6.45) is 0.672. The van der Waals surface area contributed by atoms with E-state index >= 15 is 0 Å². The Morgan fingerprint density at radius 1 is 1.35 bits per heavy atom. The van der Waals surface area contributed by atoms with Gasteiger partial charge in [-0.2, -0.15) is 0 Å². The molecule has 1 unspecified atom stereocenters. The van der Waals surface area contributed by atoms with Crippen molar-refractivity contribution < 1.29 is 12.8 Å². The Hall–Kier alpha value is -0.940. The summed E-state index contributed by atoms with van der Waals surface area (Å²) in [5, 5.41) is 0. The maximum absolute atomic E-state index is 13.6. The number of benzene rings is 1. The van der Waals surface area contributed by atoms with Gasteiger partial charge in [-0.15, -0.1) is 0 Å². The van der Waals surface area contributed by atoms with Crippen LogP contribution in [0.4, 0.5) is 4.39 Å². The molecule has 0 bridgehead atoms. The van der Waals surface area contributed by atoms with E-state index in [1.807, 2.05) is 31.9 Å². The largest absolute Gasteiger partial charge is 0.298 e. The number of nitrogens with zero attached hydrogens (tertiary/aromatic N) is 1. The summed E-state index contributed by atoms with van der Waals surface area (Å²) in [5.74, 6) is 0.540. The molecule has 0 spiro atoms. The van der Waals surface area contributed by atoms with Gasteiger partial charge in [-0.25, -0.2) is 12.8 Å². The number of rotatable bonds is 4. The third kappa shape index (κ3) is 3.79. The van der Waals surface area contributed by atoms with Gasteiger partial charge in [0.25, 0.3) is 0 Å². The zero-order chi connectivity index (χ0) is 14.9. The fraction of sp³-hybridized carbons (Fsp3) is 0.600. The van der Waals surface area contributed by atoms with E-state index < -0.39 is 9.84 Å². The summed E-state index contributed by atoms with van der Waals surface area (Å²) < 4.78 is 36.6. The SMILES string of the molecule is CC(C)c1cc(F)cc(CN(C)C2CCS(=O)(=O)C2)c1. The molecule has 112 valence electrons. The minimum atomic E-state index is -2.88. The average Bonchev–Trinajstić information content (AvgIpc) is 2.69. The second-order valence-electron chi connectivity index (χ2n) is 6.02. The molecule has 5 heteroatoms. The molecule has 1 aliphatic rings. The highest BCUT2D eigenvalue weighted by Gasteiger charge is 2.30. The predicted octanol–water partition coefficient (Wildman–Crippen LogP) is 2.57. The van der Waals surface area contributed by atoms with Crippen molar-refractivity contribution in [2.45, 2.75) is 38.8 Å². The molecule has 1 aromatic carbocycles. The van der Waals surface area contributed by atoms with Crippen LogP contribution < -0.4 is 0 Å². The lowest BCUT2D eigenvalue weighted by Gasteiger charge is -2.23. The fourth-order valence-electron chi connectivity index (χ4n) is 2.64. The summed E-state index contributed by atoms with van der Waals surface area (Å²) in [6.45, 7) is 4.65. The van der Waals surface area contributed by atoms with Crippen molar-refractivity contribution in [3.05, 3.63) is 35.1 Å². The molecule has 1 aliphatic heterocycles. The van der Waals surface area contributed by atoms with E-state index in [0.717, 1.165) is 11.1 Å². The third-order valence-electron chi connectivity index (χ3n) is 3.91. The highest BCUT2D eigenvalue weighted by atomic mass is 32.2. The lowest BCUT2D eigenvalue weighted by molar-refractivity contribution is 0.253. The van der Waals surface area contributed by atoms with Gasteiger partial charge >= 0.3 is 0 Å². The molecule has 0 aromatic heterocycles. The molecule has 0 amide bonds. The van der Waals surface area contributed by atoms with Crippen molar-refractivity contribution in [1.29, 1.82) is 0 Å². The minimum Gasteiger partial charge on any atom is -0.298 e. The highest BCUT2D eigenvalue weighted by molar-refractivity contribution is 7.91. The molecule has 0 radical (unpaired) electrons. The van der Waals surface area contributed by atoms with E-state index in [4.69, 9.17) is 0 Å². The molecule has 2 rings (SSSR count). The van der Waals surface area contributed by atoms with Crippen molar-refractivity contribution in [3.63, 3.8) is 0 Å². The van der Waals surface area contributed by atoms with Gasteiger partial charge in [0, 0.05) is 12.6 Å². The van der Waals surface area contributed by atoms with E-state index in [1.165, 1.54) is 6.07 Å². The molecular formula is C15H22FNO2S. The first-order chi connectivity index (χ1) is 9.27. The van der Waals surface area contributed by atoms with Crippen LogP contribution in [0.25, 0.3) is 0 Å². The first-order valence-electron chi connectivity index (χ1n) is 6.97. The normalized spacial score (nSPS) is 21.8. The molecule has 1 saturated heterocycles. The standard InChI is InChI=1S/C15H22FNO2S/c1-11(2)13-6-12(7-14(16)8-13)9-17(3)15-4-5-20(18,19)10-15/h6-8,11,15H,4-5,9-10H2,1-3H3. The number of hydrogen-bond acceptors (Lipinski definition) is 3. The molecule has 1 heterocycles. The average molecular weight is 299 g/mol. The summed E-state index contributed by atoms with van der Waals surface area (Å²) >= 11 is 0. The van der Waals surface area contributed by atoms with Crippen molar-refractivity contribution in [3.8, 4) is 0 Å². The Morgan fingerprint density at radius 3 is 2.60 bits per heavy atom. The first kappa shape index (κ1) is 15.4. The van der Waals surface area contributed by atoms with Crippen molar-refractivity contribution in [1.82, 2.24) is 4.90 Å². The second-order valence-corrected chi connectivity index (χ2v) is 8.25. The summed E-state index contributed by atoms with van der Waals surface area (Å²) in [4.78, 5) is 2.02. The van der Waals surface area contributed by atoms with Crippen LogP contribution in [0.5, 0.6) is 0 Å². The van der Waals surface area contributed by atoms with Gasteiger partial charge < -0.3 is 0 Å². The van der Waals surface area contributed by atoms with E-state index in [2.05, 4.69) is 0 Å². The number of sulfone groups is 1. The Balaban J connectivity index is 2.10. The van der Waals surface area contributed by atoms with Crippen molar-refractivity contribution >= 4 is 9.84 Å². The number of halogens is 1. The lowest BCUT2D eigenvalue weighted by Crippen LogP contribution is -2.32. The maximum atomic E-state index is 13.6. The molecule has 0 saturated carbocycles. The molecule has 0 aliphatic carbocycles. The fourth-order valence-corrected chi connectivity index (χ4v) is 4.45. The Bertz CT molecular complexity index is 584. The van der Waals surface area contributed by atoms with Crippen LogP contribution in [0.3, 0.4) is 0 Å². The molecule has 1 atom stereocenters. The molecule has 1 aromatic rings. The van der Waals surface area contributed by atoms with E-state index in [9.17, 15) is 12.8 Å². The van der Waals surface area contributed by atoms with Crippen LogP contribution in [0.2, 0.25) is 0 Å². The van der Waals surface area contributed by atoms with Gasteiger partial charge in [0.15, 0.2) is 9.84 Å². The Morgan fingerprint density at radius 2 is 2.05 bits per heavy atom. The van der Waals surface area contributed by atoms with Crippen LogP contribution in [-0.2, 0) is 16.4 Å². The van der Waals surface area contributed by atoms with Crippen molar-refractivity contribution in [2.24, 2.45) is 0 Å². The summed E-state index contributed by atoms with van der Waals surface area (Å²) in [5.41, 5.74) is 1.88. The zero-order valence-corrected chi connectivity index (χ0v) is 13.1. The topological polar surface area (TPSA) is 37.4 Å². The van der Waals surface area contributed by atoms with Gasteiger partial charge in [0.1, 0.15) is 5.82 Å². The number of hydrogen-bond donors (Lipinski definition) is 0. The summed E-state index contributed by atoms with van der Waals surface area (Å²) in [6, 6.07) is 5.15. The highest BCUT2D eigenvalue weighted by Crippen LogP contribution is 2.22. The van der Waals surface area contributed by atoms with Gasteiger partial charge in [-0.1, -0.05) is 19.9 Å². The maximum Gasteiger partial charge on any atom is 0.151 e. The third-order valence-corrected chi connectivity index (χ3v) is 5.66. The van der Waals surface area contributed by atoms with Crippen LogP contribution in [0.1, 0.15) is 37.3 Å². The Labute approximate surface area is 120 Å². The summed E-state index contributed by atoms with van der Waals surface area (Å²) in [7, 11) is -0.970. The molecular weight excluding hydrogens is 277 g/mol. The smallest absolute Gasteiger partial charge is 0.151 e. The van der Waals surface area contributed by atoms with Gasteiger partial charge in [-0.05, 0) is 42.6 Å². The Kier molecular flexibility index (Phi) is 4.49. The van der Waals surface area contributed by atoms with Crippen molar-refractivity contribution in [2.75, 3.05) is 18.6 Å². The van der Waals surface area contributed by atoms with Crippen LogP contribution in [0.15, 0.2) is 18.2 Å². The zero-order valence-electron chi connectivity index (χ0n) is 12.3. The molecule has 0 N–H and O–H groups in total. The second kappa shape index (κ2) is 5.82. The lowest BCUT2D eigenvalue weighted by atomic mass is 10.00. The van der Waals surface area contributed by atoms with Crippen LogP contribution in [0, 0.1) is 5.82 Å². The minimum absolute atomic E-state index is 0.0470. The van der Waals surface area contributed by atoms with E-state index in [-0.39, 0.29) is 29.3 Å². The molecule has 20 heavy (non-hydrogen) atoms. The van der Waals surface area contributed by atoms with Gasteiger partial charge in [-0.3, -0.25) is 4.90 Å². The van der Waals surface area contributed by atoms with E-state index in [1.54, 1.807) is 6.07 Å². The first-order valence-corrected chi connectivity index (χ1v) is 8.79. The molecule has 1 fully saturated rings. The quantitative estimate of drug-likeness (QED) is 0.857. The van der Waals surface area contributed by atoms with Gasteiger partial charge in [0.05, 0.1) is 11.5 Å². The predicted molar refractivity (Wildman–Crippen MR) is 79.0 cm³/mol. The van der Waals surface area contributed by atoms with E-state index in [0.29, 0.717) is 13.0 Å². The van der Waals surface area contributed by atoms with Gasteiger partial charge in [0.2, 0.25) is 0 Å².